The molecule has 2 atom stereocenters. The molecule has 92 valence electrons. The summed E-state index contributed by atoms with van der Waals surface area (Å²) in [5, 5.41) is 8.89. The minimum atomic E-state index is -0.939. The molecule has 2 rings (SSSR count). The maximum Gasteiger partial charge on any atom is 0.335 e. The second kappa shape index (κ2) is 4.28. The van der Waals surface area contributed by atoms with Crippen LogP contribution in [0.15, 0.2) is 18.2 Å². The van der Waals surface area contributed by atoms with E-state index in [2.05, 4.69) is 18.7 Å². The van der Waals surface area contributed by atoms with Crippen LogP contribution in [0.25, 0.3) is 0 Å². The van der Waals surface area contributed by atoms with Crippen molar-refractivity contribution in [2.45, 2.75) is 26.3 Å². The van der Waals surface area contributed by atoms with Gasteiger partial charge in [0.05, 0.1) is 16.9 Å². The van der Waals surface area contributed by atoms with Gasteiger partial charge in [0.15, 0.2) is 0 Å². The summed E-state index contributed by atoms with van der Waals surface area (Å²) in [6, 6.07) is 5.42. The van der Waals surface area contributed by atoms with Crippen molar-refractivity contribution in [1.29, 1.82) is 0 Å². The SMILES string of the molecule is CC1CC(C)N(c2ccc(C(=O)O)cc2N)C1. The summed E-state index contributed by atoms with van der Waals surface area (Å²) in [6.45, 7) is 5.38. The highest BCUT2D eigenvalue weighted by Gasteiger charge is 2.27. The highest BCUT2D eigenvalue weighted by atomic mass is 16.4. The highest BCUT2D eigenvalue weighted by Crippen LogP contribution is 2.33. The van der Waals surface area contributed by atoms with E-state index in [4.69, 9.17) is 10.8 Å². The Morgan fingerprint density at radius 2 is 2.18 bits per heavy atom. The molecule has 17 heavy (non-hydrogen) atoms. The number of hydrogen-bond donors (Lipinski definition) is 2. The molecule has 1 saturated heterocycles. The molecule has 0 saturated carbocycles. The van der Waals surface area contributed by atoms with E-state index >= 15 is 0 Å². The number of carbonyl (C=O) groups is 1. The third-order valence-corrected chi connectivity index (χ3v) is 3.37. The van der Waals surface area contributed by atoms with Gasteiger partial charge < -0.3 is 15.7 Å². The summed E-state index contributed by atoms with van der Waals surface area (Å²) in [7, 11) is 0. The van der Waals surface area contributed by atoms with Crippen LogP contribution in [0.4, 0.5) is 11.4 Å². The topological polar surface area (TPSA) is 66.6 Å². The average Bonchev–Trinajstić information content (AvgIpc) is 2.57. The second-order valence-corrected chi connectivity index (χ2v) is 4.92. The van der Waals surface area contributed by atoms with Crippen LogP contribution in [0.2, 0.25) is 0 Å². The van der Waals surface area contributed by atoms with Gasteiger partial charge in [-0.25, -0.2) is 4.79 Å². The first-order chi connectivity index (χ1) is 7.99. The summed E-state index contributed by atoms with van der Waals surface area (Å²) in [5.41, 5.74) is 7.68. The van der Waals surface area contributed by atoms with Gasteiger partial charge in [0.1, 0.15) is 0 Å². The minimum Gasteiger partial charge on any atom is -0.478 e. The van der Waals surface area contributed by atoms with Crippen molar-refractivity contribution in [3.63, 3.8) is 0 Å². The molecule has 1 aliphatic rings. The molecule has 0 amide bonds. The number of anilines is 2. The number of hydrogen-bond acceptors (Lipinski definition) is 3. The van der Waals surface area contributed by atoms with E-state index in [1.165, 1.54) is 6.07 Å². The zero-order chi connectivity index (χ0) is 12.6. The summed E-state index contributed by atoms with van der Waals surface area (Å²) in [6.07, 6.45) is 1.15. The lowest BCUT2D eigenvalue weighted by molar-refractivity contribution is 0.0697. The quantitative estimate of drug-likeness (QED) is 0.770. The first kappa shape index (κ1) is 11.8. The first-order valence-corrected chi connectivity index (χ1v) is 5.88. The molecule has 1 aromatic carbocycles. The Balaban J connectivity index is 2.31. The number of benzene rings is 1. The van der Waals surface area contributed by atoms with Crippen LogP contribution in [-0.2, 0) is 0 Å². The highest BCUT2D eigenvalue weighted by molar-refractivity contribution is 5.90. The molecule has 0 spiro atoms. The predicted octanol–water partition coefficient (Wildman–Crippen LogP) is 2.20. The molecule has 1 heterocycles. The van der Waals surface area contributed by atoms with Gasteiger partial charge in [0.25, 0.3) is 0 Å². The van der Waals surface area contributed by atoms with Crippen LogP contribution in [-0.4, -0.2) is 23.7 Å². The Bertz CT molecular complexity index is 445. The van der Waals surface area contributed by atoms with E-state index < -0.39 is 5.97 Å². The molecule has 1 aromatic rings. The molecule has 3 N–H and O–H groups in total. The molecule has 2 unspecified atom stereocenters. The summed E-state index contributed by atoms with van der Waals surface area (Å²) in [4.78, 5) is 13.1. The van der Waals surface area contributed by atoms with Gasteiger partial charge in [0, 0.05) is 12.6 Å². The molecule has 4 nitrogen and oxygen atoms in total. The van der Waals surface area contributed by atoms with E-state index in [0.29, 0.717) is 17.6 Å². The zero-order valence-electron chi connectivity index (χ0n) is 10.2. The van der Waals surface area contributed by atoms with Gasteiger partial charge in [-0.3, -0.25) is 0 Å². The molecule has 0 aromatic heterocycles. The lowest BCUT2D eigenvalue weighted by Crippen LogP contribution is -2.27. The van der Waals surface area contributed by atoms with Crippen LogP contribution in [0.3, 0.4) is 0 Å². The van der Waals surface area contributed by atoms with Crippen molar-refractivity contribution in [3.05, 3.63) is 23.8 Å². The Morgan fingerprint density at radius 3 is 2.65 bits per heavy atom. The van der Waals surface area contributed by atoms with E-state index in [9.17, 15) is 4.79 Å². The van der Waals surface area contributed by atoms with Crippen molar-refractivity contribution in [2.24, 2.45) is 5.92 Å². The van der Waals surface area contributed by atoms with Crippen LogP contribution in [0.5, 0.6) is 0 Å². The fourth-order valence-corrected chi connectivity index (χ4v) is 2.58. The summed E-state index contributed by atoms with van der Waals surface area (Å²) >= 11 is 0. The number of carboxylic acids is 1. The number of aromatic carboxylic acids is 1. The monoisotopic (exact) mass is 234 g/mol. The normalized spacial score (nSPS) is 24.0. The average molecular weight is 234 g/mol. The number of nitrogen functional groups attached to an aromatic ring is 1. The largest absolute Gasteiger partial charge is 0.478 e. The Morgan fingerprint density at radius 1 is 1.47 bits per heavy atom. The summed E-state index contributed by atoms with van der Waals surface area (Å²) in [5.74, 6) is -0.283. The van der Waals surface area contributed by atoms with Crippen LogP contribution in [0.1, 0.15) is 30.6 Å². The molecule has 1 fully saturated rings. The molecule has 1 aliphatic heterocycles. The molecule has 4 heteroatoms. The van der Waals surface area contributed by atoms with Gasteiger partial charge in [-0.15, -0.1) is 0 Å². The number of nitrogens with two attached hydrogens (primary N) is 1. The Labute approximate surface area is 101 Å². The minimum absolute atomic E-state index is 0.242. The Hall–Kier alpha value is -1.71. The molecular formula is C13H18N2O2. The fourth-order valence-electron chi connectivity index (χ4n) is 2.58. The zero-order valence-corrected chi connectivity index (χ0v) is 10.2. The standard InChI is InChI=1S/C13H18N2O2/c1-8-5-9(2)15(7-8)12-4-3-10(13(16)17)6-11(12)14/h3-4,6,8-9H,5,7,14H2,1-2H3,(H,16,17). The lowest BCUT2D eigenvalue weighted by atomic mass is 10.1. The van der Waals surface area contributed by atoms with Crippen molar-refractivity contribution >= 4 is 17.3 Å². The number of carboxylic acid groups (broad SMARTS) is 1. The first-order valence-electron chi connectivity index (χ1n) is 5.88. The molecular weight excluding hydrogens is 216 g/mol. The molecule has 0 radical (unpaired) electrons. The lowest BCUT2D eigenvalue weighted by Gasteiger charge is -2.25. The molecule has 0 aliphatic carbocycles. The van der Waals surface area contributed by atoms with E-state index in [0.717, 1.165) is 18.7 Å². The van der Waals surface area contributed by atoms with Gasteiger partial charge in [0.2, 0.25) is 0 Å². The second-order valence-electron chi connectivity index (χ2n) is 4.92. The van der Waals surface area contributed by atoms with Gasteiger partial charge in [-0.1, -0.05) is 6.92 Å². The van der Waals surface area contributed by atoms with Crippen LogP contribution in [0, 0.1) is 5.92 Å². The number of rotatable bonds is 2. The van der Waals surface area contributed by atoms with Crippen molar-refractivity contribution in [2.75, 3.05) is 17.2 Å². The predicted molar refractivity (Wildman–Crippen MR) is 68.4 cm³/mol. The maximum atomic E-state index is 10.8. The maximum absolute atomic E-state index is 10.8. The third kappa shape index (κ3) is 2.20. The third-order valence-electron chi connectivity index (χ3n) is 3.37. The molecule has 0 bridgehead atoms. The Kier molecular flexibility index (Phi) is 2.96. The van der Waals surface area contributed by atoms with Crippen molar-refractivity contribution < 1.29 is 9.90 Å². The van der Waals surface area contributed by atoms with E-state index in [1.807, 2.05) is 6.07 Å². The van der Waals surface area contributed by atoms with Gasteiger partial charge >= 0.3 is 5.97 Å². The van der Waals surface area contributed by atoms with Gasteiger partial charge in [-0.2, -0.15) is 0 Å². The number of nitrogens with zero attached hydrogens (tertiary/aromatic N) is 1. The van der Waals surface area contributed by atoms with Crippen LogP contribution >= 0.6 is 0 Å². The van der Waals surface area contributed by atoms with Crippen molar-refractivity contribution in [3.8, 4) is 0 Å². The van der Waals surface area contributed by atoms with E-state index in [1.54, 1.807) is 6.07 Å². The smallest absolute Gasteiger partial charge is 0.335 e. The van der Waals surface area contributed by atoms with Crippen molar-refractivity contribution in [1.82, 2.24) is 0 Å². The van der Waals surface area contributed by atoms with Gasteiger partial charge in [-0.05, 0) is 37.5 Å². The van der Waals surface area contributed by atoms with E-state index in [-0.39, 0.29) is 5.56 Å². The summed E-state index contributed by atoms with van der Waals surface area (Å²) < 4.78 is 0. The fraction of sp³-hybridized carbons (Fsp3) is 0.462. The van der Waals surface area contributed by atoms with Crippen LogP contribution < -0.4 is 10.6 Å².